The van der Waals surface area contributed by atoms with Crippen LogP contribution in [0.2, 0.25) is 0 Å². The summed E-state index contributed by atoms with van der Waals surface area (Å²) in [5, 5.41) is 4.58. The Kier molecular flexibility index (Phi) is 9.93. The Balaban J connectivity index is 0.877. The second kappa shape index (κ2) is 16.2. The molecule has 2 nitrogen and oxygen atoms in total. The number of hydrogen-bond donors (Lipinski definition) is 0. The van der Waals surface area contributed by atoms with Gasteiger partial charge in [-0.3, -0.25) is 9.98 Å². The number of rotatable bonds is 8. The molecule has 0 radical (unpaired) electrons. The van der Waals surface area contributed by atoms with Gasteiger partial charge in [0.1, 0.15) is 0 Å². The molecule has 0 fully saturated rings. The predicted octanol–water partition coefficient (Wildman–Crippen LogP) is 17.4. The Morgan fingerprint density at radius 2 is 0.754 bits per heavy atom. The van der Waals surface area contributed by atoms with Crippen molar-refractivity contribution in [2.75, 3.05) is 7.05 Å². The minimum atomic E-state index is -0.0576. The molecule has 2 aliphatic carbocycles. The molecule has 12 rings (SSSR count). The quantitative estimate of drug-likeness (QED) is 0.136. The standard InChI is InChI=1S/C67H52N2/c1-66(2)60-27-13-11-25-54(60)56-31-29-44(39-62(56)66)42-17-15-19-46(37-42)48-33-35-58(52-23-9-7-21-50(48)52)64(68-5)41-65(69-6)59-36-34-49(51-22-8-10-24-53(51)59)47-20-16-18-43(38-47)45-30-32-57-55-26-12-14-28-61(55)67(3,4)63(57)40-45/h7-41H,5H2,1-4,6H3/b64-41-,69-65+. The van der Waals surface area contributed by atoms with E-state index in [0.717, 1.165) is 38.7 Å². The summed E-state index contributed by atoms with van der Waals surface area (Å²) in [6, 6.07) is 75.8. The number of hydrogen-bond acceptors (Lipinski definition) is 2. The van der Waals surface area contributed by atoms with Gasteiger partial charge in [-0.2, -0.15) is 0 Å². The zero-order valence-electron chi connectivity index (χ0n) is 39.8. The number of benzene rings is 10. The third-order valence-corrected chi connectivity index (χ3v) is 15.3. The Morgan fingerprint density at radius 3 is 1.25 bits per heavy atom. The number of aliphatic imine (C=N–C) groups is 2. The number of allylic oxidation sites excluding steroid dienone is 1. The Labute approximate surface area is 405 Å². The molecule has 0 heterocycles. The summed E-state index contributed by atoms with van der Waals surface area (Å²) in [5.41, 5.74) is 24.0. The van der Waals surface area contributed by atoms with Crippen LogP contribution in [-0.4, -0.2) is 19.5 Å². The molecule has 2 heteroatoms. The van der Waals surface area contributed by atoms with Crippen LogP contribution in [0.3, 0.4) is 0 Å². The lowest BCUT2D eigenvalue weighted by atomic mass is 9.81. The molecule has 10 aromatic rings. The van der Waals surface area contributed by atoms with Crippen molar-refractivity contribution in [3.63, 3.8) is 0 Å². The molecule has 0 atom stereocenters. The summed E-state index contributed by atoms with van der Waals surface area (Å²) in [5.74, 6) is 0. The van der Waals surface area contributed by atoms with Crippen LogP contribution in [0.25, 0.3) is 94.0 Å². The smallest absolute Gasteiger partial charge is 0.0722 e. The molecule has 0 spiro atoms. The zero-order chi connectivity index (χ0) is 47.0. The van der Waals surface area contributed by atoms with Crippen LogP contribution in [0.15, 0.2) is 222 Å². The molecule has 0 aromatic heterocycles. The molecule has 0 saturated heterocycles. The van der Waals surface area contributed by atoms with E-state index in [-0.39, 0.29) is 10.8 Å². The SMILES string of the molecule is C=N/C(=C\C(=N/C)c1ccc(-c2cccc(-c3ccc4c(c3)C(C)(C)c3ccccc3-4)c2)c2ccccc12)c1ccc(-c2cccc(-c3ccc4c(c3)C(C)(C)c3ccccc3-4)c2)c2ccccc12. The highest BCUT2D eigenvalue weighted by Gasteiger charge is 2.36. The lowest BCUT2D eigenvalue weighted by Crippen LogP contribution is -2.14. The summed E-state index contributed by atoms with van der Waals surface area (Å²) < 4.78 is 0. The number of fused-ring (bicyclic) bond motifs is 8. The molecule has 0 saturated carbocycles. The largest absolute Gasteiger partial charge is 0.288 e. The van der Waals surface area contributed by atoms with Crippen LogP contribution in [-0.2, 0) is 10.8 Å². The van der Waals surface area contributed by atoms with Gasteiger partial charge in [0.15, 0.2) is 0 Å². The average Bonchev–Trinajstić information content (AvgIpc) is 3.77. The highest BCUT2D eigenvalue weighted by atomic mass is 14.7. The van der Waals surface area contributed by atoms with E-state index < -0.39 is 0 Å². The van der Waals surface area contributed by atoms with Gasteiger partial charge < -0.3 is 0 Å². The summed E-state index contributed by atoms with van der Waals surface area (Å²) in [6.07, 6.45) is 2.10. The highest BCUT2D eigenvalue weighted by Crippen LogP contribution is 2.51. The first-order valence-electron chi connectivity index (χ1n) is 24.0. The molecule has 330 valence electrons. The average molecular weight is 885 g/mol. The fraction of sp³-hybridized carbons (Fsp3) is 0.104. The topological polar surface area (TPSA) is 24.7 Å². The molecule has 10 aromatic carbocycles. The van der Waals surface area contributed by atoms with Crippen molar-refractivity contribution in [3.05, 3.63) is 246 Å². The Morgan fingerprint density at radius 1 is 0.362 bits per heavy atom. The van der Waals surface area contributed by atoms with Gasteiger partial charge in [-0.1, -0.05) is 210 Å². The van der Waals surface area contributed by atoms with Crippen molar-refractivity contribution in [1.82, 2.24) is 0 Å². The Bertz CT molecular complexity index is 3820. The van der Waals surface area contributed by atoms with Gasteiger partial charge in [-0.05, 0) is 148 Å². The van der Waals surface area contributed by atoms with Crippen LogP contribution < -0.4 is 0 Å². The van der Waals surface area contributed by atoms with E-state index >= 15 is 0 Å². The van der Waals surface area contributed by atoms with Crippen LogP contribution in [0.5, 0.6) is 0 Å². The van der Waals surface area contributed by atoms with Crippen LogP contribution in [0, 0.1) is 0 Å². The highest BCUT2D eigenvalue weighted by molar-refractivity contribution is 6.21. The fourth-order valence-corrected chi connectivity index (χ4v) is 11.6. The first-order valence-corrected chi connectivity index (χ1v) is 24.0. The van der Waals surface area contributed by atoms with Crippen molar-refractivity contribution >= 4 is 39.7 Å². The molecular formula is C67H52N2. The molecule has 0 aliphatic heterocycles. The van der Waals surface area contributed by atoms with Gasteiger partial charge in [0.2, 0.25) is 0 Å². The maximum Gasteiger partial charge on any atom is 0.0722 e. The summed E-state index contributed by atoms with van der Waals surface area (Å²) in [7, 11) is 1.87. The van der Waals surface area contributed by atoms with Gasteiger partial charge >= 0.3 is 0 Å². The van der Waals surface area contributed by atoms with Gasteiger partial charge in [-0.25, -0.2) is 0 Å². The van der Waals surface area contributed by atoms with Crippen molar-refractivity contribution in [1.29, 1.82) is 0 Å². The van der Waals surface area contributed by atoms with E-state index in [0.29, 0.717) is 0 Å². The minimum Gasteiger partial charge on any atom is -0.288 e. The van der Waals surface area contributed by atoms with Gasteiger partial charge in [0, 0.05) is 29.0 Å². The maximum atomic E-state index is 4.91. The van der Waals surface area contributed by atoms with E-state index in [1.807, 2.05) is 7.05 Å². The van der Waals surface area contributed by atoms with Gasteiger partial charge in [0.05, 0.1) is 11.4 Å². The maximum absolute atomic E-state index is 4.91. The van der Waals surface area contributed by atoms with E-state index in [1.165, 1.54) is 94.4 Å². The Hall–Kier alpha value is -8.20. The summed E-state index contributed by atoms with van der Waals surface area (Å²) >= 11 is 0. The van der Waals surface area contributed by atoms with E-state index in [4.69, 9.17) is 4.99 Å². The monoisotopic (exact) mass is 884 g/mol. The summed E-state index contributed by atoms with van der Waals surface area (Å²) in [4.78, 5) is 9.60. The van der Waals surface area contributed by atoms with Crippen molar-refractivity contribution in [2.24, 2.45) is 9.98 Å². The predicted molar refractivity (Wildman–Crippen MR) is 295 cm³/mol. The second-order valence-electron chi connectivity index (χ2n) is 19.7. The minimum absolute atomic E-state index is 0.0564. The number of nitrogens with zero attached hydrogens (tertiary/aromatic N) is 2. The van der Waals surface area contributed by atoms with Crippen LogP contribution in [0.4, 0.5) is 0 Å². The normalized spacial score (nSPS) is 14.3. The lowest BCUT2D eigenvalue weighted by Gasteiger charge is -2.22. The van der Waals surface area contributed by atoms with Gasteiger partial charge in [0.25, 0.3) is 0 Å². The van der Waals surface area contributed by atoms with E-state index in [1.54, 1.807) is 0 Å². The molecule has 0 amide bonds. The first-order chi connectivity index (χ1) is 33.6. The van der Waals surface area contributed by atoms with Crippen molar-refractivity contribution < 1.29 is 0 Å². The van der Waals surface area contributed by atoms with E-state index in [9.17, 15) is 0 Å². The lowest BCUT2D eigenvalue weighted by molar-refractivity contribution is 0.660. The molecule has 2 aliphatic rings. The van der Waals surface area contributed by atoms with Crippen molar-refractivity contribution in [3.8, 4) is 66.8 Å². The van der Waals surface area contributed by atoms with Crippen LogP contribution in [0.1, 0.15) is 61.1 Å². The van der Waals surface area contributed by atoms with Crippen molar-refractivity contribution in [2.45, 2.75) is 38.5 Å². The van der Waals surface area contributed by atoms with Crippen LogP contribution >= 0.6 is 0 Å². The molecular weight excluding hydrogens is 833 g/mol. The third kappa shape index (κ3) is 6.77. The van der Waals surface area contributed by atoms with E-state index in [2.05, 4.69) is 252 Å². The zero-order valence-corrected chi connectivity index (χ0v) is 39.8. The molecule has 0 bridgehead atoms. The summed E-state index contributed by atoms with van der Waals surface area (Å²) in [6.45, 7) is 13.5. The third-order valence-electron chi connectivity index (χ3n) is 15.3. The molecule has 69 heavy (non-hydrogen) atoms. The fourth-order valence-electron chi connectivity index (χ4n) is 11.6. The molecule has 0 unspecified atom stereocenters. The second-order valence-corrected chi connectivity index (χ2v) is 19.7. The molecule has 0 N–H and O–H groups in total. The van der Waals surface area contributed by atoms with Gasteiger partial charge in [-0.15, -0.1) is 0 Å². The first kappa shape index (κ1) is 42.2.